The second-order valence-electron chi connectivity index (χ2n) is 7.89. The summed E-state index contributed by atoms with van der Waals surface area (Å²) >= 11 is 0. The molecule has 2 N–H and O–H groups in total. The summed E-state index contributed by atoms with van der Waals surface area (Å²) in [5.74, 6) is 0.694. The summed E-state index contributed by atoms with van der Waals surface area (Å²) in [5.41, 5.74) is -0.260. The minimum absolute atomic E-state index is 0.0360. The van der Waals surface area contributed by atoms with Crippen LogP contribution in [-0.2, 0) is 5.54 Å². The average molecular weight is 336 g/mol. The van der Waals surface area contributed by atoms with E-state index in [1.165, 1.54) is 12.8 Å². The number of nitrogens with zero attached hydrogens (tertiary/aromatic N) is 5. The van der Waals surface area contributed by atoms with E-state index in [-0.39, 0.29) is 36.3 Å². The van der Waals surface area contributed by atoms with Crippen molar-refractivity contribution in [2.45, 2.75) is 83.0 Å². The highest BCUT2D eigenvalue weighted by molar-refractivity contribution is 5.75. The maximum atomic E-state index is 12.9. The topological polar surface area (TPSA) is 96.2 Å². The molecule has 2 atom stereocenters. The zero-order valence-electron chi connectivity index (χ0n) is 14.8. The predicted octanol–water partition coefficient (Wildman–Crippen LogP) is 1.58. The highest BCUT2D eigenvalue weighted by atomic mass is 16.3. The Bertz CT molecular complexity index is 575. The molecule has 2 fully saturated rings. The first kappa shape index (κ1) is 17.1. The molecule has 8 heteroatoms. The van der Waals surface area contributed by atoms with Gasteiger partial charge in [-0.3, -0.25) is 0 Å². The van der Waals surface area contributed by atoms with E-state index in [1.807, 2.05) is 20.8 Å². The van der Waals surface area contributed by atoms with E-state index in [4.69, 9.17) is 0 Å². The van der Waals surface area contributed by atoms with Gasteiger partial charge in [0.25, 0.3) is 0 Å². The third-order valence-corrected chi connectivity index (χ3v) is 5.06. The van der Waals surface area contributed by atoms with Gasteiger partial charge < -0.3 is 15.3 Å². The molecule has 0 radical (unpaired) electrons. The maximum absolute atomic E-state index is 12.9. The highest BCUT2D eigenvalue weighted by Gasteiger charge is 2.42. The fourth-order valence-corrected chi connectivity index (χ4v) is 3.82. The Balaban J connectivity index is 1.83. The summed E-state index contributed by atoms with van der Waals surface area (Å²) in [6.07, 6.45) is 5.93. The van der Waals surface area contributed by atoms with Crippen LogP contribution in [-0.4, -0.2) is 54.9 Å². The molecule has 0 bridgehead atoms. The van der Waals surface area contributed by atoms with Gasteiger partial charge in [0.15, 0.2) is 5.82 Å². The van der Waals surface area contributed by atoms with Gasteiger partial charge in [0, 0.05) is 6.04 Å². The molecule has 3 rings (SSSR count). The molecule has 1 aliphatic heterocycles. The van der Waals surface area contributed by atoms with Crippen LogP contribution in [0.4, 0.5) is 4.79 Å². The molecule has 2 heterocycles. The largest absolute Gasteiger partial charge is 0.394 e. The monoisotopic (exact) mass is 336 g/mol. The van der Waals surface area contributed by atoms with Crippen molar-refractivity contribution in [2.75, 3.05) is 6.61 Å². The number of urea groups is 1. The molecular formula is C16H28N6O2. The molecule has 0 unspecified atom stereocenters. The summed E-state index contributed by atoms with van der Waals surface area (Å²) in [7, 11) is 0. The molecule has 2 aliphatic rings. The van der Waals surface area contributed by atoms with Crippen LogP contribution in [0.25, 0.3) is 0 Å². The van der Waals surface area contributed by atoms with Crippen molar-refractivity contribution in [1.29, 1.82) is 0 Å². The molecule has 0 spiro atoms. The van der Waals surface area contributed by atoms with E-state index >= 15 is 0 Å². The predicted molar refractivity (Wildman–Crippen MR) is 88.3 cm³/mol. The Morgan fingerprint density at radius 3 is 2.58 bits per heavy atom. The fraction of sp³-hybridized carbons (Fsp3) is 0.875. The van der Waals surface area contributed by atoms with Crippen molar-refractivity contribution >= 4 is 6.03 Å². The second kappa shape index (κ2) is 6.66. The van der Waals surface area contributed by atoms with Gasteiger partial charge in [-0.2, -0.15) is 0 Å². The Kier molecular flexibility index (Phi) is 4.76. The summed E-state index contributed by atoms with van der Waals surface area (Å²) in [6.45, 7) is 6.07. The van der Waals surface area contributed by atoms with Crippen molar-refractivity contribution in [1.82, 2.24) is 30.4 Å². The Morgan fingerprint density at radius 2 is 1.96 bits per heavy atom. The summed E-state index contributed by atoms with van der Waals surface area (Å²) in [5, 5.41) is 25.0. The number of aromatic nitrogens is 4. The molecule has 134 valence electrons. The molecule has 0 aromatic carbocycles. The number of rotatable bonds is 3. The van der Waals surface area contributed by atoms with E-state index in [9.17, 15) is 9.90 Å². The third-order valence-electron chi connectivity index (χ3n) is 5.06. The van der Waals surface area contributed by atoms with E-state index in [1.54, 1.807) is 9.58 Å². The number of hydrogen-bond acceptors (Lipinski definition) is 5. The number of carbonyl (C=O) groups excluding carboxylic acids is 1. The van der Waals surface area contributed by atoms with Gasteiger partial charge in [-0.1, -0.05) is 12.8 Å². The second-order valence-corrected chi connectivity index (χ2v) is 7.89. The van der Waals surface area contributed by atoms with Gasteiger partial charge >= 0.3 is 6.03 Å². The van der Waals surface area contributed by atoms with Gasteiger partial charge in [-0.15, -0.1) is 5.10 Å². The number of likely N-dealkylation sites (tertiary alicyclic amines) is 1. The molecule has 1 saturated carbocycles. The number of nitrogens with one attached hydrogen (secondary N) is 1. The zero-order valence-corrected chi connectivity index (χ0v) is 14.8. The standard InChI is InChI=1S/C16H28N6O2/c1-16(2,3)22-14(18-19-20-22)13-9-8-12(10-23)21(13)15(24)17-11-6-4-5-7-11/h11-13,23H,4-10H2,1-3H3,(H,17,24)/t12-,13+/m0/s1. The minimum Gasteiger partial charge on any atom is -0.394 e. The zero-order chi connectivity index (χ0) is 17.3. The van der Waals surface area contributed by atoms with Gasteiger partial charge in [0.2, 0.25) is 0 Å². The van der Waals surface area contributed by atoms with Gasteiger partial charge in [0.1, 0.15) is 0 Å². The van der Waals surface area contributed by atoms with Crippen LogP contribution in [0.15, 0.2) is 0 Å². The Labute approximate surface area is 142 Å². The molecule has 1 saturated heterocycles. The van der Waals surface area contributed by atoms with E-state index in [0.29, 0.717) is 5.82 Å². The van der Waals surface area contributed by atoms with Crippen LogP contribution in [0.3, 0.4) is 0 Å². The molecular weight excluding hydrogens is 308 g/mol. The molecule has 2 amide bonds. The number of hydrogen-bond donors (Lipinski definition) is 2. The Hall–Kier alpha value is -1.70. The van der Waals surface area contributed by atoms with E-state index in [0.717, 1.165) is 25.7 Å². The smallest absolute Gasteiger partial charge is 0.318 e. The molecule has 24 heavy (non-hydrogen) atoms. The summed E-state index contributed by atoms with van der Waals surface area (Å²) in [6, 6.07) is -0.233. The average Bonchev–Trinajstić information content (AvgIpc) is 3.25. The molecule has 1 aromatic rings. The van der Waals surface area contributed by atoms with Crippen LogP contribution < -0.4 is 5.32 Å². The molecule has 1 aromatic heterocycles. The molecule has 1 aliphatic carbocycles. The maximum Gasteiger partial charge on any atom is 0.318 e. The van der Waals surface area contributed by atoms with E-state index in [2.05, 4.69) is 20.8 Å². The summed E-state index contributed by atoms with van der Waals surface area (Å²) in [4.78, 5) is 14.6. The number of tetrazole rings is 1. The van der Waals surface area contributed by atoms with Crippen LogP contribution in [0, 0.1) is 0 Å². The van der Waals surface area contributed by atoms with E-state index < -0.39 is 0 Å². The number of amides is 2. The van der Waals surface area contributed by atoms with Crippen LogP contribution in [0.2, 0.25) is 0 Å². The van der Waals surface area contributed by atoms with Crippen molar-refractivity contribution < 1.29 is 9.90 Å². The highest BCUT2D eigenvalue weighted by Crippen LogP contribution is 2.36. The quantitative estimate of drug-likeness (QED) is 0.873. The lowest BCUT2D eigenvalue weighted by Gasteiger charge is -2.31. The van der Waals surface area contributed by atoms with Gasteiger partial charge in [0.05, 0.1) is 24.2 Å². The lowest BCUT2D eigenvalue weighted by atomic mass is 10.1. The van der Waals surface area contributed by atoms with Gasteiger partial charge in [-0.05, 0) is 56.9 Å². The lowest BCUT2D eigenvalue weighted by molar-refractivity contribution is 0.130. The van der Waals surface area contributed by atoms with Crippen LogP contribution >= 0.6 is 0 Å². The lowest BCUT2D eigenvalue weighted by Crippen LogP contribution is -2.48. The fourth-order valence-electron chi connectivity index (χ4n) is 3.82. The first-order chi connectivity index (χ1) is 11.4. The number of carbonyl (C=O) groups is 1. The number of aliphatic hydroxyl groups is 1. The molecule has 8 nitrogen and oxygen atoms in total. The first-order valence-corrected chi connectivity index (χ1v) is 8.90. The normalized spacial score (nSPS) is 25.4. The van der Waals surface area contributed by atoms with Gasteiger partial charge in [-0.25, -0.2) is 9.48 Å². The van der Waals surface area contributed by atoms with Crippen molar-refractivity contribution in [3.05, 3.63) is 5.82 Å². The first-order valence-electron chi connectivity index (χ1n) is 8.90. The SMILES string of the molecule is CC(C)(C)n1nnnc1[C@H]1CC[C@@H](CO)N1C(=O)NC1CCCC1. The van der Waals surface area contributed by atoms with Crippen LogP contribution in [0.5, 0.6) is 0 Å². The van der Waals surface area contributed by atoms with Crippen molar-refractivity contribution in [3.8, 4) is 0 Å². The number of aliphatic hydroxyl groups excluding tert-OH is 1. The minimum atomic E-state index is -0.260. The van der Waals surface area contributed by atoms with Crippen molar-refractivity contribution in [2.24, 2.45) is 0 Å². The third kappa shape index (κ3) is 3.24. The van der Waals surface area contributed by atoms with Crippen LogP contribution in [0.1, 0.15) is 71.2 Å². The summed E-state index contributed by atoms with van der Waals surface area (Å²) < 4.78 is 1.78. The Morgan fingerprint density at radius 1 is 1.25 bits per heavy atom. The van der Waals surface area contributed by atoms with Crippen molar-refractivity contribution in [3.63, 3.8) is 0 Å².